The first kappa shape index (κ1) is 14.9. The van der Waals surface area contributed by atoms with Crippen LogP contribution in [-0.2, 0) is 0 Å². The Labute approximate surface area is 96.6 Å². The standard InChI is InChI=1S/C11H24N2.C2H6/c1-5-11(10(2)3)13-8-6-12(4)7-9-13;1-2/h10-11H,5-9H2,1-4H3;1-2H3. The molecule has 1 aliphatic heterocycles. The summed E-state index contributed by atoms with van der Waals surface area (Å²) in [6, 6.07) is 0.800. The highest BCUT2D eigenvalue weighted by Gasteiger charge is 2.22. The minimum atomic E-state index is 0.799. The summed E-state index contributed by atoms with van der Waals surface area (Å²) >= 11 is 0. The fourth-order valence-corrected chi connectivity index (χ4v) is 2.30. The molecular formula is C13H30N2. The van der Waals surface area contributed by atoms with Crippen molar-refractivity contribution >= 4 is 0 Å². The van der Waals surface area contributed by atoms with Crippen molar-refractivity contribution in [3.05, 3.63) is 0 Å². The van der Waals surface area contributed by atoms with E-state index in [1.54, 1.807) is 0 Å². The van der Waals surface area contributed by atoms with E-state index in [1.807, 2.05) is 13.8 Å². The number of hydrogen-bond donors (Lipinski definition) is 0. The molecule has 1 rings (SSSR count). The van der Waals surface area contributed by atoms with E-state index < -0.39 is 0 Å². The third kappa shape index (κ3) is 4.98. The van der Waals surface area contributed by atoms with Gasteiger partial charge in [0.15, 0.2) is 0 Å². The zero-order chi connectivity index (χ0) is 11.8. The van der Waals surface area contributed by atoms with Crippen molar-refractivity contribution in [2.45, 2.75) is 47.1 Å². The van der Waals surface area contributed by atoms with Gasteiger partial charge in [0, 0.05) is 32.2 Å². The fraction of sp³-hybridized carbons (Fsp3) is 1.00. The Morgan fingerprint density at radius 1 is 1.00 bits per heavy atom. The van der Waals surface area contributed by atoms with Gasteiger partial charge in [-0.25, -0.2) is 0 Å². The average Bonchev–Trinajstić information content (AvgIpc) is 2.24. The van der Waals surface area contributed by atoms with E-state index in [9.17, 15) is 0 Å². The van der Waals surface area contributed by atoms with Crippen molar-refractivity contribution in [3.63, 3.8) is 0 Å². The average molecular weight is 214 g/mol. The molecule has 15 heavy (non-hydrogen) atoms. The van der Waals surface area contributed by atoms with Gasteiger partial charge in [0.05, 0.1) is 0 Å². The van der Waals surface area contributed by atoms with Crippen molar-refractivity contribution in [3.8, 4) is 0 Å². The molecule has 1 saturated heterocycles. The van der Waals surface area contributed by atoms with Gasteiger partial charge >= 0.3 is 0 Å². The largest absolute Gasteiger partial charge is 0.304 e. The molecular weight excluding hydrogens is 184 g/mol. The highest BCUT2D eigenvalue weighted by atomic mass is 15.3. The molecule has 0 amide bonds. The van der Waals surface area contributed by atoms with Crippen LogP contribution in [0.4, 0.5) is 0 Å². The Hall–Kier alpha value is -0.0800. The topological polar surface area (TPSA) is 6.48 Å². The van der Waals surface area contributed by atoms with Crippen molar-refractivity contribution in [2.75, 3.05) is 33.2 Å². The first-order chi connectivity index (χ1) is 7.15. The number of piperazine rings is 1. The van der Waals surface area contributed by atoms with Crippen LogP contribution < -0.4 is 0 Å². The van der Waals surface area contributed by atoms with Gasteiger partial charge in [-0.15, -0.1) is 0 Å². The van der Waals surface area contributed by atoms with Crippen molar-refractivity contribution in [1.29, 1.82) is 0 Å². The second-order valence-electron chi connectivity index (χ2n) is 4.56. The van der Waals surface area contributed by atoms with Crippen LogP contribution in [0.2, 0.25) is 0 Å². The molecule has 1 heterocycles. The number of hydrogen-bond acceptors (Lipinski definition) is 2. The summed E-state index contributed by atoms with van der Waals surface area (Å²) < 4.78 is 0. The lowest BCUT2D eigenvalue weighted by Crippen LogP contribution is -2.50. The van der Waals surface area contributed by atoms with Crippen molar-refractivity contribution in [1.82, 2.24) is 9.80 Å². The minimum Gasteiger partial charge on any atom is -0.304 e. The zero-order valence-corrected chi connectivity index (χ0v) is 11.6. The van der Waals surface area contributed by atoms with E-state index in [4.69, 9.17) is 0 Å². The number of nitrogens with zero attached hydrogens (tertiary/aromatic N) is 2. The third-order valence-electron chi connectivity index (χ3n) is 3.19. The summed E-state index contributed by atoms with van der Waals surface area (Å²) in [7, 11) is 2.22. The molecule has 0 aromatic rings. The van der Waals surface area contributed by atoms with Gasteiger partial charge in [-0.2, -0.15) is 0 Å². The van der Waals surface area contributed by atoms with Crippen LogP contribution in [0, 0.1) is 5.92 Å². The molecule has 1 fully saturated rings. The van der Waals surface area contributed by atoms with E-state index in [2.05, 4.69) is 37.6 Å². The van der Waals surface area contributed by atoms with Gasteiger partial charge in [-0.3, -0.25) is 4.90 Å². The predicted molar refractivity (Wildman–Crippen MR) is 69.3 cm³/mol. The summed E-state index contributed by atoms with van der Waals surface area (Å²) in [5.41, 5.74) is 0. The van der Waals surface area contributed by atoms with E-state index in [0.29, 0.717) is 0 Å². The quantitative estimate of drug-likeness (QED) is 0.713. The molecule has 0 saturated carbocycles. The summed E-state index contributed by atoms with van der Waals surface area (Å²) in [6.07, 6.45) is 1.29. The van der Waals surface area contributed by atoms with Crippen LogP contribution in [0.25, 0.3) is 0 Å². The van der Waals surface area contributed by atoms with Gasteiger partial charge in [-0.1, -0.05) is 34.6 Å². The van der Waals surface area contributed by atoms with Crippen LogP contribution in [0.15, 0.2) is 0 Å². The van der Waals surface area contributed by atoms with Gasteiger partial charge < -0.3 is 4.90 Å². The molecule has 2 heteroatoms. The first-order valence-electron chi connectivity index (χ1n) is 6.57. The normalized spacial score (nSPS) is 21.0. The molecule has 0 radical (unpaired) electrons. The molecule has 1 atom stereocenters. The fourth-order valence-electron chi connectivity index (χ4n) is 2.30. The SMILES string of the molecule is CC.CCC(C(C)C)N1CCN(C)CC1. The van der Waals surface area contributed by atoms with E-state index >= 15 is 0 Å². The highest BCUT2D eigenvalue weighted by Crippen LogP contribution is 2.15. The van der Waals surface area contributed by atoms with Crippen LogP contribution in [0.3, 0.4) is 0 Å². The molecule has 0 aromatic heterocycles. The van der Waals surface area contributed by atoms with E-state index in [0.717, 1.165) is 12.0 Å². The molecule has 2 nitrogen and oxygen atoms in total. The first-order valence-corrected chi connectivity index (χ1v) is 6.57. The van der Waals surface area contributed by atoms with Crippen LogP contribution >= 0.6 is 0 Å². The monoisotopic (exact) mass is 214 g/mol. The van der Waals surface area contributed by atoms with Crippen LogP contribution in [-0.4, -0.2) is 49.1 Å². The Bertz CT molecular complexity index is 137. The van der Waals surface area contributed by atoms with Crippen molar-refractivity contribution in [2.24, 2.45) is 5.92 Å². The lowest BCUT2D eigenvalue weighted by Gasteiger charge is -2.39. The maximum Gasteiger partial charge on any atom is 0.0117 e. The Kier molecular flexibility index (Phi) is 8.07. The van der Waals surface area contributed by atoms with Gasteiger partial charge in [-0.05, 0) is 19.4 Å². The van der Waals surface area contributed by atoms with Crippen LogP contribution in [0.1, 0.15) is 41.0 Å². The summed E-state index contributed by atoms with van der Waals surface area (Å²) in [6.45, 7) is 16.0. The predicted octanol–water partition coefficient (Wildman–Crippen LogP) is 2.69. The highest BCUT2D eigenvalue weighted by molar-refractivity contribution is 4.78. The molecule has 0 N–H and O–H groups in total. The summed E-state index contributed by atoms with van der Waals surface area (Å²) in [5.74, 6) is 0.799. The molecule has 1 aliphatic rings. The zero-order valence-electron chi connectivity index (χ0n) is 11.6. The van der Waals surface area contributed by atoms with Gasteiger partial charge in [0.25, 0.3) is 0 Å². The van der Waals surface area contributed by atoms with Gasteiger partial charge in [0.2, 0.25) is 0 Å². The molecule has 0 aliphatic carbocycles. The number of likely N-dealkylation sites (N-methyl/N-ethyl adjacent to an activating group) is 1. The second kappa shape index (κ2) is 8.12. The van der Waals surface area contributed by atoms with Crippen molar-refractivity contribution < 1.29 is 0 Å². The smallest absolute Gasteiger partial charge is 0.0117 e. The second-order valence-corrected chi connectivity index (χ2v) is 4.56. The Balaban J connectivity index is 0.000000921. The molecule has 0 spiro atoms. The maximum absolute atomic E-state index is 2.66. The molecule has 0 bridgehead atoms. The van der Waals surface area contributed by atoms with E-state index in [-0.39, 0.29) is 0 Å². The number of rotatable bonds is 3. The maximum atomic E-state index is 2.66. The molecule has 92 valence electrons. The Morgan fingerprint density at radius 2 is 1.47 bits per heavy atom. The van der Waals surface area contributed by atoms with Crippen LogP contribution in [0.5, 0.6) is 0 Å². The third-order valence-corrected chi connectivity index (χ3v) is 3.19. The molecule has 0 aromatic carbocycles. The summed E-state index contributed by atoms with van der Waals surface area (Å²) in [5, 5.41) is 0. The molecule has 1 unspecified atom stereocenters. The van der Waals surface area contributed by atoms with Gasteiger partial charge in [0.1, 0.15) is 0 Å². The van der Waals surface area contributed by atoms with E-state index in [1.165, 1.54) is 32.6 Å². The lowest BCUT2D eigenvalue weighted by atomic mass is 9.99. The minimum absolute atomic E-state index is 0.799. The summed E-state index contributed by atoms with van der Waals surface area (Å²) in [4.78, 5) is 5.08. The Morgan fingerprint density at radius 3 is 1.80 bits per heavy atom. The lowest BCUT2D eigenvalue weighted by molar-refractivity contribution is 0.0862.